The number of hydrogen-bond acceptors (Lipinski definition) is 3. The first-order valence-electron chi connectivity index (χ1n) is 7.07. The number of aromatic nitrogens is 2. The average Bonchev–Trinajstić information content (AvgIpc) is 2.98. The molecule has 3 aromatic rings. The molecule has 0 radical (unpaired) electrons. The average molecular weight is 302 g/mol. The van der Waals surface area contributed by atoms with Crippen molar-refractivity contribution in [1.82, 2.24) is 9.78 Å². The van der Waals surface area contributed by atoms with Gasteiger partial charge in [-0.15, -0.1) is 0 Å². The number of anilines is 1. The van der Waals surface area contributed by atoms with E-state index in [1.165, 1.54) is 6.08 Å². The van der Waals surface area contributed by atoms with Crippen molar-refractivity contribution in [2.45, 2.75) is 0 Å². The molecular weight excluding hydrogens is 288 g/mol. The minimum absolute atomic E-state index is 0.0333. The lowest BCUT2D eigenvalue weighted by atomic mass is 10.1. The molecule has 1 aromatic heterocycles. The number of nitrogens with one attached hydrogen (secondary N) is 1. The molecule has 0 aliphatic heterocycles. The quantitative estimate of drug-likeness (QED) is 0.597. The van der Waals surface area contributed by atoms with Gasteiger partial charge in [0, 0.05) is 29.9 Å². The number of aryl methyl sites for hydroxylation is 1. The molecule has 3 rings (SSSR count). The van der Waals surface area contributed by atoms with E-state index in [2.05, 4.69) is 10.4 Å². The minimum atomic E-state index is -0.437. The lowest BCUT2D eigenvalue weighted by molar-refractivity contribution is -0.112. The molecule has 112 valence electrons. The van der Waals surface area contributed by atoms with Crippen LogP contribution in [0.2, 0.25) is 0 Å². The summed E-state index contributed by atoms with van der Waals surface area (Å²) in [6.07, 6.45) is 4.86. The van der Waals surface area contributed by atoms with Gasteiger partial charge in [0.2, 0.25) is 0 Å². The molecule has 5 nitrogen and oxygen atoms in total. The van der Waals surface area contributed by atoms with Gasteiger partial charge in [-0.3, -0.25) is 9.48 Å². The Hall–Kier alpha value is -3.39. The van der Waals surface area contributed by atoms with Crippen molar-refractivity contribution in [2.24, 2.45) is 7.05 Å². The summed E-state index contributed by atoms with van der Waals surface area (Å²) in [6.45, 7) is 0. The Bertz CT molecular complexity index is 942. The number of rotatable bonds is 3. The van der Waals surface area contributed by atoms with Gasteiger partial charge in [0.25, 0.3) is 5.91 Å². The van der Waals surface area contributed by atoms with Crippen LogP contribution in [0.15, 0.2) is 60.4 Å². The molecule has 0 saturated heterocycles. The van der Waals surface area contributed by atoms with Gasteiger partial charge in [0.1, 0.15) is 11.6 Å². The third-order valence-corrected chi connectivity index (χ3v) is 3.44. The molecule has 5 heteroatoms. The molecule has 0 bridgehead atoms. The lowest BCUT2D eigenvalue weighted by Crippen LogP contribution is -2.13. The standard InChI is InChI=1S/C18H14N4O/c1-22-12-13(11-20-22)9-15(10-19)18(23)21-17-8-4-6-14-5-2-3-7-16(14)17/h2-9,11-12H,1H3,(H,21,23)/b15-9+. The molecular formula is C18H14N4O. The van der Waals surface area contributed by atoms with Gasteiger partial charge in [-0.25, -0.2) is 0 Å². The summed E-state index contributed by atoms with van der Waals surface area (Å²) in [6, 6.07) is 15.4. The fourth-order valence-electron chi connectivity index (χ4n) is 2.35. The van der Waals surface area contributed by atoms with Crippen molar-refractivity contribution in [3.63, 3.8) is 0 Å². The van der Waals surface area contributed by atoms with Gasteiger partial charge in [-0.2, -0.15) is 10.4 Å². The Morgan fingerprint density at radius 1 is 1.26 bits per heavy atom. The Morgan fingerprint density at radius 2 is 2.04 bits per heavy atom. The molecule has 0 unspecified atom stereocenters. The molecule has 0 saturated carbocycles. The van der Waals surface area contributed by atoms with Crippen LogP contribution in [-0.2, 0) is 11.8 Å². The number of nitrogens with zero attached hydrogens (tertiary/aromatic N) is 3. The van der Waals surface area contributed by atoms with Gasteiger partial charge in [-0.1, -0.05) is 36.4 Å². The van der Waals surface area contributed by atoms with E-state index in [0.29, 0.717) is 11.3 Å². The van der Waals surface area contributed by atoms with Crippen LogP contribution in [0.25, 0.3) is 16.8 Å². The smallest absolute Gasteiger partial charge is 0.266 e. The van der Waals surface area contributed by atoms with E-state index in [1.807, 2.05) is 48.5 Å². The van der Waals surface area contributed by atoms with E-state index in [9.17, 15) is 10.1 Å². The summed E-state index contributed by atoms with van der Waals surface area (Å²) in [4.78, 5) is 12.4. The fraction of sp³-hybridized carbons (Fsp3) is 0.0556. The molecule has 0 atom stereocenters. The highest BCUT2D eigenvalue weighted by Gasteiger charge is 2.11. The molecule has 0 spiro atoms. The number of benzene rings is 2. The predicted molar refractivity (Wildman–Crippen MR) is 89.4 cm³/mol. The maximum Gasteiger partial charge on any atom is 0.266 e. The Balaban J connectivity index is 1.90. The number of fused-ring (bicyclic) bond motifs is 1. The Labute approximate surface area is 133 Å². The van der Waals surface area contributed by atoms with Crippen molar-refractivity contribution in [3.05, 3.63) is 66.0 Å². The highest BCUT2D eigenvalue weighted by atomic mass is 16.1. The van der Waals surface area contributed by atoms with Crippen molar-refractivity contribution >= 4 is 28.4 Å². The van der Waals surface area contributed by atoms with Crippen molar-refractivity contribution in [3.8, 4) is 6.07 Å². The largest absolute Gasteiger partial charge is 0.321 e. The first-order chi connectivity index (χ1) is 11.2. The first-order valence-corrected chi connectivity index (χ1v) is 7.07. The maximum absolute atomic E-state index is 12.4. The van der Waals surface area contributed by atoms with E-state index in [0.717, 1.165) is 10.8 Å². The number of nitriles is 1. The third-order valence-electron chi connectivity index (χ3n) is 3.44. The van der Waals surface area contributed by atoms with Gasteiger partial charge < -0.3 is 5.32 Å². The van der Waals surface area contributed by atoms with Crippen molar-refractivity contribution in [2.75, 3.05) is 5.32 Å². The van der Waals surface area contributed by atoms with E-state index >= 15 is 0 Å². The Morgan fingerprint density at radius 3 is 2.78 bits per heavy atom. The third kappa shape index (κ3) is 3.11. The van der Waals surface area contributed by atoms with Crippen LogP contribution in [0.1, 0.15) is 5.56 Å². The van der Waals surface area contributed by atoms with Gasteiger partial charge in [0.15, 0.2) is 0 Å². The second-order valence-electron chi connectivity index (χ2n) is 5.10. The molecule has 2 aromatic carbocycles. The second kappa shape index (κ2) is 6.16. The van der Waals surface area contributed by atoms with Crippen LogP contribution < -0.4 is 5.32 Å². The zero-order valence-corrected chi connectivity index (χ0v) is 12.5. The van der Waals surface area contributed by atoms with E-state index in [1.54, 1.807) is 24.1 Å². The predicted octanol–water partition coefficient (Wildman–Crippen LogP) is 3.12. The van der Waals surface area contributed by atoms with Crippen LogP contribution in [0.3, 0.4) is 0 Å². The topological polar surface area (TPSA) is 70.7 Å². The van der Waals surface area contributed by atoms with Gasteiger partial charge >= 0.3 is 0 Å². The first kappa shape index (κ1) is 14.5. The highest BCUT2D eigenvalue weighted by molar-refractivity contribution is 6.12. The van der Waals surface area contributed by atoms with Crippen molar-refractivity contribution < 1.29 is 4.79 Å². The lowest BCUT2D eigenvalue weighted by Gasteiger charge is -2.08. The zero-order chi connectivity index (χ0) is 16.2. The minimum Gasteiger partial charge on any atom is -0.321 e. The molecule has 1 amide bonds. The summed E-state index contributed by atoms with van der Waals surface area (Å²) in [7, 11) is 1.78. The van der Waals surface area contributed by atoms with E-state index in [-0.39, 0.29) is 5.57 Å². The normalized spacial score (nSPS) is 11.2. The monoisotopic (exact) mass is 302 g/mol. The number of hydrogen-bond donors (Lipinski definition) is 1. The number of carbonyl (C=O) groups excluding carboxylic acids is 1. The van der Waals surface area contributed by atoms with Crippen LogP contribution in [0.5, 0.6) is 0 Å². The number of amides is 1. The summed E-state index contributed by atoms with van der Waals surface area (Å²) in [5.41, 5.74) is 1.42. The van der Waals surface area contributed by atoms with Crippen LogP contribution in [-0.4, -0.2) is 15.7 Å². The highest BCUT2D eigenvalue weighted by Crippen LogP contribution is 2.23. The number of carbonyl (C=O) groups is 1. The summed E-state index contributed by atoms with van der Waals surface area (Å²) >= 11 is 0. The summed E-state index contributed by atoms with van der Waals surface area (Å²) in [5.74, 6) is -0.437. The molecule has 0 fully saturated rings. The molecule has 0 aliphatic rings. The molecule has 23 heavy (non-hydrogen) atoms. The van der Waals surface area contributed by atoms with E-state index < -0.39 is 5.91 Å². The van der Waals surface area contributed by atoms with Gasteiger partial charge in [-0.05, 0) is 17.5 Å². The molecule has 1 heterocycles. The fourth-order valence-corrected chi connectivity index (χ4v) is 2.35. The molecule has 1 N–H and O–H groups in total. The molecule has 0 aliphatic carbocycles. The van der Waals surface area contributed by atoms with Crippen LogP contribution >= 0.6 is 0 Å². The van der Waals surface area contributed by atoms with Crippen LogP contribution in [0.4, 0.5) is 5.69 Å². The summed E-state index contributed by atoms with van der Waals surface area (Å²) < 4.78 is 1.61. The van der Waals surface area contributed by atoms with E-state index in [4.69, 9.17) is 0 Å². The summed E-state index contributed by atoms with van der Waals surface area (Å²) in [5, 5.41) is 18.0. The van der Waals surface area contributed by atoms with Gasteiger partial charge in [0.05, 0.1) is 6.20 Å². The Kier molecular flexibility index (Phi) is 3.89. The van der Waals surface area contributed by atoms with Crippen LogP contribution in [0, 0.1) is 11.3 Å². The zero-order valence-electron chi connectivity index (χ0n) is 12.5. The van der Waals surface area contributed by atoms with Crippen molar-refractivity contribution in [1.29, 1.82) is 5.26 Å². The SMILES string of the molecule is Cn1cc(/C=C(\C#N)C(=O)Nc2cccc3ccccc23)cn1. The second-order valence-corrected chi connectivity index (χ2v) is 5.10. The maximum atomic E-state index is 12.4.